The zero-order valence-electron chi connectivity index (χ0n) is 16.7. The summed E-state index contributed by atoms with van der Waals surface area (Å²) in [4.78, 5) is 27.3. The fraction of sp³-hybridized carbons (Fsp3) is 0.391. The van der Waals surface area contributed by atoms with E-state index in [1.54, 1.807) is 17.0 Å². The number of hydrogen-bond acceptors (Lipinski definition) is 2. The second-order valence-corrected chi connectivity index (χ2v) is 7.96. The van der Waals surface area contributed by atoms with Gasteiger partial charge in [0.2, 0.25) is 5.91 Å². The van der Waals surface area contributed by atoms with Crippen molar-refractivity contribution in [1.29, 1.82) is 0 Å². The van der Waals surface area contributed by atoms with Gasteiger partial charge in [-0.05, 0) is 54.3 Å². The van der Waals surface area contributed by atoms with Crippen LogP contribution in [0.5, 0.6) is 0 Å². The van der Waals surface area contributed by atoms with Crippen LogP contribution in [-0.4, -0.2) is 36.3 Å². The number of nitrogens with zero attached hydrogens (tertiary/aromatic N) is 1. The molecule has 154 valence electrons. The van der Waals surface area contributed by atoms with Gasteiger partial charge in [0, 0.05) is 31.1 Å². The van der Waals surface area contributed by atoms with Crippen LogP contribution in [0.15, 0.2) is 48.5 Å². The average Bonchev–Trinajstić information content (AvgIpc) is 3.13. The topological polar surface area (TPSA) is 49.4 Å². The van der Waals surface area contributed by atoms with Crippen molar-refractivity contribution < 1.29 is 18.4 Å². The molecule has 2 amide bonds. The van der Waals surface area contributed by atoms with Crippen molar-refractivity contribution in [2.75, 3.05) is 19.6 Å². The summed E-state index contributed by atoms with van der Waals surface area (Å²) in [5.41, 5.74) is 1.06. The molecule has 2 aromatic carbocycles. The van der Waals surface area contributed by atoms with Gasteiger partial charge in [-0.3, -0.25) is 9.59 Å². The number of halogens is 2. The lowest BCUT2D eigenvalue weighted by atomic mass is 9.88. The van der Waals surface area contributed by atoms with Crippen molar-refractivity contribution in [3.05, 3.63) is 71.3 Å². The normalized spacial score (nSPS) is 18.9. The monoisotopic (exact) mass is 400 g/mol. The lowest BCUT2D eigenvalue weighted by Gasteiger charge is -2.18. The first kappa shape index (κ1) is 21.0. The predicted molar refractivity (Wildman–Crippen MR) is 107 cm³/mol. The van der Waals surface area contributed by atoms with Crippen LogP contribution in [-0.2, 0) is 4.79 Å². The summed E-state index contributed by atoms with van der Waals surface area (Å²) in [5.74, 6) is -1.47. The summed E-state index contributed by atoms with van der Waals surface area (Å²) in [6, 6.07) is 11.5. The number of rotatable bonds is 6. The minimum absolute atomic E-state index is 0.130. The van der Waals surface area contributed by atoms with Crippen LogP contribution >= 0.6 is 0 Å². The van der Waals surface area contributed by atoms with Crippen molar-refractivity contribution in [2.24, 2.45) is 11.8 Å². The van der Waals surface area contributed by atoms with E-state index in [4.69, 9.17) is 0 Å². The van der Waals surface area contributed by atoms with E-state index in [1.807, 2.05) is 0 Å². The van der Waals surface area contributed by atoms with Gasteiger partial charge in [0.05, 0.1) is 5.92 Å². The van der Waals surface area contributed by atoms with E-state index < -0.39 is 11.7 Å². The van der Waals surface area contributed by atoms with Crippen molar-refractivity contribution in [2.45, 2.75) is 26.2 Å². The predicted octanol–water partition coefficient (Wildman–Crippen LogP) is 3.98. The Morgan fingerprint density at radius 2 is 1.79 bits per heavy atom. The van der Waals surface area contributed by atoms with E-state index in [0.29, 0.717) is 30.1 Å². The highest BCUT2D eigenvalue weighted by Gasteiger charge is 2.40. The molecule has 0 aromatic heterocycles. The summed E-state index contributed by atoms with van der Waals surface area (Å²) in [7, 11) is 0. The highest BCUT2D eigenvalue weighted by Crippen LogP contribution is 2.34. The van der Waals surface area contributed by atoms with Crippen molar-refractivity contribution >= 4 is 11.8 Å². The maximum absolute atomic E-state index is 13.8. The number of benzene rings is 2. The lowest BCUT2D eigenvalue weighted by Crippen LogP contribution is -2.36. The molecule has 29 heavy (non-hydrogen) atoms. The van der Waals surface area contributed by atoms with Gasteiger partial charge in [0.15, 0.2) is 0 Å². The van der Waals surface area contributed by atoms with E-state index in [9.17, 15) is 18.4 Å². The zero-order valence-corrected chi connectivity index (χ0v) is 16.7. The third kappa shape index (κ3) is 5.19. The number of likely N-dealkylation sites (tertiary alicyclic amines) is 1. The molecule has 4 nitrogen and oxygen atoms in total. The van der Waals surface area contributed by atoms with Crippen LogP contribution in [0.25, 0.3) is 0 Å². The molecule has 2 aromatic rings. The van der Waals surface area contributed by atoms with Gasteiger partial charge in [0.1, 0.15) is 11.6 Å². The fourth-order valence-electron chi connectivity index (χ4n) is 3.70. The fourth-order valence-corrected chi connectivity index (χ4v) is 3.70. The minimum atomic E-state index is -0.464. The molecule has 1 aliphatic heterocycles. The smallest absolute Gasteiger partial charge is 0.253 e. The summed E-state index contributed by atoms with van der Waals surface area (Å²) < 4.78 is 27.0. The molecule has 1 saturated heterocycles. The molecule has 1 fully saturated rings. The molecule has 0 spiro atoms. The van der Waals surface area contributed by atoms with Crippen molar-refractivity contribution in [3.63, 3.8) is 0 Å². The van der Waals surface area contributed by atoms with Crippen LogP contribution in [0.1, 0.15) is 42.1 Å². The van der Waals surface area contributed by atoms with E-state index in [1.165, 1.54) is 36.4 Å². The molecule has 0 radical (unpaired) electrons. The Morgan fingerprint density at radius 3 is 2.45 bits per heavy atom. The third-order valence-corrected chi connectivity index (χ3v) is 5.33. The SMILES string of the molecule is CC(C)CCNC(=O)[C@H]1CN(C(=O)c2ccc(F)cc2)C[C@@H]1c1cccc(F)c1. The van der Waals surface area contributed by atoms with Crippen LogP contribution < -0.4 is 5.32 Å². The molecule has 0 saturated carbocycles. The summed E-state index contributed by atoms with van der Waals surface area (Å²) in [6.07, 6.45) is 0.862. The van der Waals surface area contributed by atoms with Crippen LogP contribution in [0.3, 0.4) is 0 Å². The highest BCUT2D eigenvalue weighted by molar-refractivity contribution is 5.95. The van der Waals surface area contributed by atoms with E-state index in [2.05, 4.69) is 19.2 Å². The molecule has 1 aliphatic rings. The van der Waals surface area contributed by atoms with Crippen molar-refractivity contribution in [3.8, 4) is 0 Å². The summed E-state index contributed by atoms with van der Waals surface area (Å²) in [6.45, 7) is 5.28. The maximum atomic E-state index is 13.8. The van der Waals surface area contributed by atoms with Crippen LogP contribution in [0.4, 0.5) is 8.78 Å². The van der Waals surface area contributed by atoms with Crippen LogP contribution in [0.2, 0.25) is 0 Å². The zero-order chi connectivity index (χ0) is 21.0. The molecule has 6 heteroatoms. The number of nitrogens with one attached hydrogen (secondary N) is 1. The minimum Gasteiger partial charge on any atom is -0.356 e. The van der Waals surface area contributed by atoms with Gasteiger partial charge in [-0.25, -0.2) is 8.78 Å². The second-order valence-electron chi connectivity index (χ2n) is 7.96. The van der Waals surface area contributed by atoms with Crippen LogP contribution in [0, 0.1) is 23.5 Å². The Hall–Kier alpha value is -2.76. The Balaban J connectivity index is 1.80. The molecular formula is C23H26F2N2O2. The molecule has 0 bridgehead atoms. The molecular weight excluding hydrogens is 374 g/mol. The number of carbonyl (C=O) groups excluding carboxylic acids is 2. The molecule has 0 aliphatic carbocycles. The maximum Gasteiger partial charge on any atom is 0.253 e. The number of carbonyl (C=O) groups is 2. The molecule has 1 heterocycles. The standard InChI is InChI=1S/C23H26F2N2O2/c1-15(2)10-11-26-22(28)21-14-27(23(29)16-6-8-18(24)9-7-16)13-20(21)17-4-3-5-19(25)12-17/h3-9,12,15,20-21H,10-11,13-14H2,1-2H3,(H,26,28)/t20-,21+/m1/s1. The quantitative estimate of drug-likeness (QED) is 0.797. The van der Waals surface area contributed by atoms with Gasteiger partial charge >= 0.3 is 0 Å². The number of hydrogen-bond donors (Lipinski definition) is 1. The van der Waals surface area contributed by atoms with Gasteiger partial charge in [0.25, 0.3) is 5.91 Å². The largest absolute Gasteiger partial charge is 0.356 e. The average molecular weight is 400 g/mol. The molecule has 1 N–H and O–H groups in total. The first-order valence-corrected chi connectivity index (χ1v) is 9.93. The molecule has 2 atom stereocenters. The lowest BCUT2D eigenvalue weighted by molar-refractivity contribution is -0.124. The van der Waals surface area contributed by atoms with Gasteiger partial charge in [-0.15, -0.1) is 0 Å². The van der Waals surface area contributed by atoms with E-state index in [-0.39, 0.29) is 30.1 Å². The Labute approximate surface area is 169 Å². The van der Waals surface area contributed by atoms with Crippen molar-refractivity contribution in [1.82, 2.24) is 10.2 Å². The van der Waals surface area contributed by atoms with E-state index >= 15 is 0 Å². The number of amides is 2. The van der Waals surface area contributed by atoms with E-state index in [0.717, 1.165) is 6.42 Å². The third-order valence-electron chi connectivity index (χ3n) is 5.33. The molecule has 3 rings (SSSR count). The first-order chi connectivity index (χ1) is 13.8. The van der Waals surface area contributed by atoms with Gasteiger partial charge in [-0.1, -0.05) is 26.0 Å². The summed E-state index contributed by atoms with van der Waals surface area (Å²) in [5, 5.41) is 2.96. The second kappa shape index (κ2) is 9.16. The Morgan fingerprint density at radius 1 is 1.07 bits per heavy atom. The Bertz CT molecular complexity index is 867. The van der Waals surface area contributed by atoms with Gasteiger partial charge < -0.3 is 10.2 Å². The first-order valence-electron chi connectivity index (χ1n) is 9.93. The molecule has 0 unspecified atom stereocenters. The summed E-state index contributed by atoms with van der Waals surface area (Å²) >= 11 is 0. The van der Waals surface area contributed by atoms with Gasteiger partial charge in [-0.2, -0.15) is 0 Å². The highest BCUT2D eigenvalue weighted by atomic mass is 19.1. The Kier molecular flexibility index (Phi) is 6.62.